The van der Waals surface area contributed by atoms with Crippen molar-refractivity contribution in [3.05, 3.63) is 24.0 Å². The molecule has 1 rings (SSSR count). The van der Waals surface area contributed by atoms with Gasteiger partial charge in [-0.1, -0.05) is 0 Å². The maximum absolute atomic E-state index is 10.0. The number of hydrogen-bond donors (Lipinski definition) is 3. The lowest BCUT2D eigenvalue weighted by atomic mass is 10.3. The molecule has 1 amide bonds. The van der Waals surface area contributed by atoms with E-state index >= 15 is 0 Å². The van der Waals surface area contributed by atoms with Crippen LogP contribution in [-0.2, 0) is 0 Å². The molecule has 0 saturated heterocycles. The molecule has 0 bridgehead atoms. The van der Waals surface area contributed by atoms with Crippen molar-refractivity contribution in [1.82, 2.24) is 10.4 Å². The number of aryl methyl sites for hydroxylation is 1. The van der Waals surface area contributed by atoms with Gasteiger partial charge in [-0.25, -0.2) is 10.2 Å². The van der Waals surface area contributed by atoms with E-state index in [9.17, 15) is 4.79 Å². The number of amides is 1. The Morgan fingerprint density at radius 2 is 2.33 bits per heavy atom. The van der Waals surface area contributed by atoms with Crippen LogP contribution < -0.4 is 10.9 Å². The van der Waals surface area contributed by atoms with Gasteiger partial charge in [0.05, 0.1) is 11.9 Å². The van der Waals surface area contributed by atoms with Crippen molar-refractivity contribution in [1.29, 1.82) is 0 Å². The number of anilines is 1. The summed E-state index contributed by atoms with van der Waals surface area (Å²) >= 11 is 0. The van der Waals surface area contributed by atoms with E-state index in [0.717, 1.165) is 5.69 Å². The van der Waals surface area contributed by atoms with Crippen LogP contribution in [0.25, 0.3) is 0 Å². The van der Waals surface area contributed by atoms with Crippen molar-refractivity contribution in [2.45, 2.75) is 6.92 Å². The molecule has 5 nitrogen and oxygen atoms in total. The molecule has 1 heterocycles. The molecule has 0 aliphatic rings. The summed E-state index contributed by atoms with van der Waals surface area (Å²) in [6.45, 7) is 1.86. The van der Waals surface area contributed by atoms with E-state index in [1.54, 1.807) is 18.3 Å². The number of hydrazine groups is 1. The quantitative estimate of drug-likeness (QED) is 0.574. The minimum absolute atomic E-state index is 0.614. The van der Waals surface area contributed by atoms with Crippen LogP contribution in [0.1, 0.15) is 5.69 Å². The standard InChI is InChI=1S/C7H9N3O2/c1-5-2-3-6(4-8-5)9-10-7(11)12/h2-4,9-10H,1H3,(H,11,12). The zero-order valence-corrected chi connectivity index (χ0v) is 6.53. The Hall–Kier alpha value is -1.78. The molecular weight excluding hydrogens is 158 g/mol. The Morgan fingerprint density at radius 1 is 1.58 bits per heavy atom. The molecule has 0 aromatic carbocycles. The molecular formula is C7H9N3O2. The van der Waals surface area contributed by atoms with Crippen molar-refractivity contribution >= 4 is 11.8 Å². The fourth-order valence-corrected chi connectivity index (χ4v) is 0.667. The van der Waals surface area contributed by atoms with E-state index < -0.39 is 6.09 Å². The van der Waals surface area contributed by atoms with Crippen molar-refractivity contribution in [2.75, 3.05) is 5.43 Å². The van der Waals surface area contributed by atoms with Gasteiger partial charge in [-0.05, 0) is 19.1 Å². The van der Waals surface area contributed by atoms with Crippen LogP contribution in [0, 0.1) is 6.92 Å². The van der Waals surface area contributed by atoms with E-state index in [1.165, 1.54) is 0 Å². The number of aromatic nitrogens is 1. The second-order valence-electron chi connectivity index (χ2n) is 2.24. The first-order chi connectivity index (χ1) is 5.68. The summed E-state index contributed by atoms with van der Waals surface area (Å²) in [4.78, 5) is 14.0. The summed E-state index contributed by atoms with van der Waals surface area (Å²) in [5.41, 5.74) is 5.97. The molecule has 0 atom stereocenters. The summed E-state index contributed by atoms with van der Waals surface area (Å²) < 4.78 is 0. The lowest BCUT2D eigenvalue weighted by Crippen LogP contribution is -2.27. The van der Waals surface area contributed by atoms with Crippen LogP contribution >= 0.6 is 0 Å². The topological polar surface area (TPSA) is 74.2 Å². The van der Waals surface area contributed by atoms with Crippen molar-refractivity contribution in [3.63, 3.8) is 0 Å². The zero-order valence-electron chi connectivity index (χ0n) is 6.53. The highest BCUT2D eigenvalue weighted by Gasteiger charge is 1.93. The number of carboxylic acid groups (broad SMARTS) is 1. The maximum atomic E-state index is 10.0. The number of rotatable bonds is 2. The first-order valence-electron chi connectivity index (χ1n) is 3.36. The number of nitrogens with zero attached hydrogens (tertiary/aromatic N) is 1. The molecule has 12 heavy (non-hydrogen) atoms. The molecule has 3 N–H and O–H groups in total. The monoisotopic (exact) mass is 167 g/mol. The third-order valence-corrected chi connectivity index (χ3v) is 1.23. The van der Waals surface area contributed by atoms with E-state index in [0.29, 0.717) is 5.69 Å². The third-order valence-electron chi connectivity index (χ3n) is 1.23. The number of hydrogen-bond acceptors (Lipinski definition) is 3. The highest BCUT2D eigenvalue weighted by atomic mass is 16.4. The van der Waals surface area contributed by atoms with Crippen molar-refractivity contribution in [2.24, 2.45) is 0 Å². The lowest BCUT2D eigenvalue weighted by molar-refractivity contribution is 0.197. The number of carbonyl (C=O) groups is 1. The van der Waals surface area contributed by atoms with E-state index in [2.05, 4.69) is 10.4 Å². The summed E-state index contributed by atoms with van der Waals surface area (Å²) in [5.74, 6) is 0. The maximum Gasteiger partial charge on any atom is 0.423 e. The molecule has 0 unspecified atom stereocenters. The second-order valence-corrected chi connectivity index (χ2v) is 2.24. The minimum Gasteiger partial charge on any atom is -0.464 e. The molecule has 64 valence electrons. The van der Waals surface area contributed by atoms with Crippen LogP contribution in [0.5, 0.6) is 0 Å². The van der Waals surface area contributed by atoms with Gasteiger partial charge >= 0.3 is 6.09 Å². The van der Waals surface area contributed by atoms with Gasteiger partial charge in [0.25, 0.3) is 0 Å². The Kier molecular flexibility index (Phi) is 2.47. The summed E-state index contributed by atoms with van der Waals surface area (Å²) in [6, 6.07) is 3.52. The summed E-state index contributed by atoms with van der Waals surface area (Å²) in [6.07, 6.45) is 0.418. The highest BCUT2D eigenvalue weighted by Crippen LogP contribution is 2.02. The van der Waals surface area contributed by atoms with Gasteiger partial charge in [0, 0.05) is 5.69 Å². The number of nitrogens with one attached hydrogen (secondary N) is 2. The van der Waals surface area contributed by atoms with Crippen molar-refractivity contribution in [3.8, 4) is 0 Å². The van der Waals surface area contributed by atoms with Crippen LogP contribution in [0.2, 0.25) is 0 Å². The molecule has 5 heteroatoms. The second kappa shape index (κ2) is 3.56. The van der Waals surface area contributed by atoms with E-state index in [4.69, 9.17) is 5.11 Å². The van der Waals surface area contributed by atoms with Gasteiger partial charge < -0.3 is 5.11 Å². The molecule has 0 saturated carbocycles. The molecule has 0 aliphatic heterocycles. The van der Waals surface area contributed by atoms with Crippen LogP contribution in [0.3, 0.4) is 0 Å². The van der Waals surface area contributed by atoms with Crippen LogP contribution in [-0.4, -0.2) is 16.2 Å². The average molecular weight is 167 g/mol. The van der Waals surface area contributed by atoms with Gasteiger partial charge in [-0.15, -0.1) is 0 Å². The van der Waals surface area contributed by atoms with E-state index in [-0.39, 0.29) is 0 Å². The predicted octanol–water partition coefficient (Wildman–Crippen LogP) is 0.985. The Balaban J connectivity index is 2.53. The molecule has 0 spiro atoms. The summed E-state index contributed by atoms with van der Waals surface area (Å²) in [5, 5.41) is 8.24. The van der Waals surface area contributed by atoms with Gasteiger partial charge in [-0.2, -0.15) is 0 Å². The van der Waals surface area contributed by atoms with Crippen LogP contribution in [0.15, 0.2) is 18.3 Å². The normalized spacial score (nSPS) is 9.08. The van der Waals surface area contributed by atoms with Crippen molar-refractivity contribution < 1.29 is 9.90 Å². The summed E-state index contributed by atoms with van der Waals surface area (Å²) in [7, 11) is 0. The van der Waals surface area contributed by atoms with E-state index in [1.807, 2.05) is 12.3 Å². The SMILES string of the molecule is Cc1ccc(NNC(=O)O)cn1. The Labute approximate surface area is 69.4 Å². The molecule has 0 fully saturated rings. The van der Waals surface area contributed by atoms with Crippen LogP contribution in [0.4, 0.5) is 10.5 Å². The minimum atomic E-state index is -1.13. The van der Waals surface area contributed by atoms with Gasteiger partial charge in [-0.3, -0.25) is 10.4 Å². The third kappa shape index (κ3) is 2.45. The Bertz CT molecular complexity index is 270. The predicted molar refractivity (Wildman–Crippen MR) is 43.8 cm³/mol. The smallest absolute Gasteiger partial charge is 0.423 e. The Morgan fingerprint density at radius 3 is 2.83 bits per heavy atom. The first-order valence-corrected chi connectivity index (χ1v) is 3.36. The van der Waals surface area contributed by atoms with Gasteiger partial charge in [0.15, 0.2) is 0 Å². The molecule has 1 aromatic rings. The van der Waals surface area contributed by atoms with Gasteiger partial charge in [0.2, 0.25) is 0 Å². The average Bonchev–Trinajstić information content (AvgIpc) is 2.03. The molecule has 0 aliphatic carbocycles. The first kappa shape index (κ1) is 8.32. The molecule has 0 radical (unpaired) electrons. The fourth-order valence-electron chi connectivity index (χ4n) is 0.667. The zero-order chi connectivity index (χ0) is 8.97. The lowest BCUT2D eigenvalue weighted by Gasteiger charge is -2.03. The largest absolute Gasteiger partial charge is 0.464 e. The highest BCUT2D eigenvalue weighted by molar-refractivity contribution is 5.66. The van der Waals surface area contributed by atoms with Gasteiger partial charge in [0.1, 0.15) is 0 Å². The molecule has 1 aromatic heterocycles. The number of pyridine rings is 1. The fraction of sp³-hybridized carbons (Fsp3) is 0.143.